The lowest BCUT2D eigenvalue weighted by Crippen LogP contribution is -2.46. The third-order valence-electron chi connectivity index (χ3n) is 6.91. The first-order valence-corrected chi connectivity index (χ1v) is 11.7. The van der Waals surface area contributed by atoms with Gasteiger partial charge in [-0.15, -0.1) is 0 Å². The van der Waals surface area contributed by atoms with Gasteiger partial charge in [-0.2, -0.15) is 0 Å². The van der Waals surface area contributed by atoms with Crippen molar-refractivity contribution in [2.75, 3.05) is 31.9 Å². The summed E-state index contributed by atoms with van der Waals surface area (Å²) in [5, 5.41) is 0. The molecule has 0 amide bonds. The van der Waals surface area contributed by atoms with Crippen LogP contribution in [-0.2, 0) is 13.1 Å². The number of hydrogen-bond donors (Lipinski definition) is 1. The summed E-state index contributed by atoms with van der Waals surface area (Å²) < 4.78 is 15.9. The van der Waals surface area contributed by atoms with Crippen molar-refractivity contribution >= 4 is 17.0 Å². The van der Waals surface area contributed by atoms with Crippen molar-refractivity contribution in [3.05, 3.63) is 65.5 Å². The lowest BCUT2D eigenvalue weighted by atomic mass is 10.1. The molecule has 0 radical (unpaired) electrons. The van der Waals surface area contributed by atoms with Crippen molar-refractivity contribution in [2.24, 2.45) is 0 Å². The van der Waals surface area contributed by atoms with Gasteiger partial charge in [-0.3, -0.25) is 9.88 Å². The largest absolute Gasteiger partial charge is 0.382 e. The van der Waals surface area contributed by atoms with Crippen molar-refractivity contribution in [2.45, 2.75) is 32.5 Å². The van der Waals surface area contributed by atoms with E-state index in [1.54, 1.807) is 13.1 Å². The minimum Gasteiger partial charge on any atom is -0.382 e. The van der Waals surface area contributed by atoms with Gasteiger partial charge in [0.1, 0.15) is 17.5 Å². The van der Waals surface area contributed by atoms with E-state index in [4.69, 9.17) is 5.73 Å². The molecule has 2 bridgehead atoms. The van der Waals surface area contributed by atoms with Crippen molar-refractivity contribution in [1.29, 1.82) is 0 Å². The van der Waals surface area contributed by atoms with Gasteiger partial charge in [0.15, 0.2) is 17.0 Å². The summed E-state index contributed by atoms with van der Waals surface area (Å²) in [4.78, 5) is 22.7. The molecule has 9 heteroatoms. The number of hydrogen-bond acceptors (Lipinski definition) is 7. The Morgan fingerprint density at radius 2 is 1.79 bits per heavy atom. The Morgan fingerprint density at radius 1 is 1.00 bits per heavy atom. The molecule has 6 rings (SSSR count). The fourth-order valence-corrected chi connectivity index (χ4v) is 5.18. The van der Waals surface area contributed by atoms with Crippen LogP contribution >= 0.6 is 0 Å². The summed E-state index contributed by atoms with van der Waals surface area (Å²) in [5.74, 6) is 1.03. The van der Waals surface area contributed by atoms with Crippen molar-refractivity contribution in [1.82, 2.24) is 34.3 Å². The van der Waals surface area contributed by atoms with Crippen LogP contribution in [-0.4, -0.2) is 66.5 Å². The molecule has 4 aromatic rings. The zero-order chi connectivity index (χ0) is 23.2. The van der Waals surface area contributed by atoms with E-state index in [9.17, 15) is 4.39 Å². The molecule has 2 aliphatic heterocycles. The summed E-state index contributed by atoms with van der Waals surface area (Å²) in [6, 6.07) is 10.8. The number of halogens is 1. The fraction of sp³-hybridized carbons (Fsp3) is 0.360. The van der Waals surface area contributed by atoms with Crippen LogP contribution in [0.5, 0.6) is 0 Å². The number of aromatic nitrogens is 5. The lowest BCUT2D eigenvalue weighted by molar-refractivity contribution is 0.128. The Labute approximate surface area is 197 Å². The van der Waals surface area contributed by atoms with Crippen LogP contribution in [0.25, 0.3) is 22.6 Å². The van der Waals surface area contributed by atoms with Crippen molar-refractivity contribution < 1.29 is 4.39 Å². The molecule has 2 aliphatic rings. The minimum absolute atomic E-state index is 0.314. The molecular weight excluding hydrogens is 431 g/mol. The molecular formula is C25H27FN8. The molecule has 5 heterocycles. The van der Waals surface area contributed by atoms with E-state index >= 15 is 0 Å². The third-order valence-corrected chi connectivity index (χ3v) is 6.91. The normalized spacial score (nSPS) is 20.3. The Balaban J connectivity index is 1.31. The Kier molecular flexibility index (Phi) is 5.23. The van der Waals surface area contributed by atoms with Gasteiger partial charge in [0.25, 0.3) is 0 Å². The third kappa shape index (κ3) is 3.91. The maximum absolute atomic E-state index is 13.9. The monoisotopic (exact) mass is 458 g/mol. The molecule has 34 heavy (non-hydrogen) atoms. The van der Waals surface area contributed by atoms with E-state index in [0.29, 0.717) is 46.8 Å². The molecule has 2 unspecified atom stereocenters. The van der Waals surface area contributed by atoms with Crippen molar-refractivity contribution in [3.8, 4) is 11.4 Å². The molecule has 1 aromatic carbocycles. The molecule has 2 saturated heterocycles. The summed E-state index contributed by atoms with van der Waals surface area (Å²) in [6.45, 7) is 8.05. The Bertz CT molecular complexity index is 1350. The van der Waals surface area contributed by atoms with Crippen molar-refractivity contribution in [3.63, 3.8) is 0 Å². The van der Waals surface area contributed by atoms with Crippen LogP contribution in [0, 0.1) is 12.7 Å². The smallest absolute Gasteiger partial charge is 0.166 e. The number of pyridine rings is 1. The predicted octanol–water partition coefficient (Wildman–Crippen LogP) is 2.86. The summed E-state index contributed by atoms with van der Waals surface area (Å²) in [6.07, 6.45) is 4.05. The van der Waals surface area contributed by atoms with Crippen LogP contribution in [0.2, 0.25) is 0 Å². The second-order valence-corrected chi connectivity index (χ2v) is 9.27. The van der Waals surface area contributed by atoms with Gasteiger partial charge < -0.3 is 15.2 Å². The molecule has 0 aliphatic carbocycles. The maximum atomic E-state index is 13.9. The second kappa shape index (κ2) is 8.41. The van der Waals surface area contributed by atoms with Crippen LogP contribution in [0.3, 0.4) is 0 Å². The highest BCUT2D eigenvalue weighted by molar-refractivity contribution is 5.85. The lowest BCUT2D eigenvalue weighted by Gasteiger charge is -2.34. The fourth-order valence-electron chi connectivity index (χ4n) is 5.18. The topological polar surface area (TPSA) is 89.0 Å². The molecule has 2 fully saturated rings. The number of nitrogens with zero attached hydrogens (tertiary/aromatic N) is 7. The number of anilines is 1. The highest BCUT2D eigenvalue weighted by Gasteiger charge is 2.32. The van der Waals surface area contributed by atoms with Crippen LogP contribution in [0.1, 0.15) is 23.4 Å². The van der Waals surface area contributed by atoms with Gasteiger partial charge in [-0.25, -0.2) is 19.3 Å². The number of fused-ring (bicyclic) bond motifs is 3. The minimum atomic E-state index is -0.418. The standard InChI is InChI=1S/C25H27FN8/c1-16-29-23(27)22-25(30-16)34(24(31-22)19-10-20(26)12-28-11-19)14-18-4-2-17(3-5-18)13-33-9-8-32-7-6-21(33)15-32/h2-5,10-12,21H,6-9,13-15H2,1H3,(H2,27,29,30). The summed E-state index contributed by atoms with van der Waals surface area (Å²) in [5.41, 5.74) is 10.3. The van der Waals surface area contributed by atoms with E-state index in [1.807, 2.05) is 4.57 Å². The van der Waals surface area contributed by atoms with Gasteiger partial charge in [-0.1, -0.05) is 24.3 Å². The molecule has 0 spiro atoms. The zero-order valence-electron chi connectivity index (χ0n) is 19.2. The summed E-state index contributed by atoms with van der Waals surface area (Å²) in [7, 11) is 0. The SMILES string of the molecule is Cc1nc(N)c2nc(-c3cncc(F)c3)n(Cc3ccc(CN4CCN5CCC4C5)cc3)c2n1. The van der Waals surface area contributed by atoms with Gasteiger partial charge in [0.2, 0.25) is 0 Å². The maximum Gasteiger partial charge on any atom is 0.166 e. The number of benzene rings is 1. The van der Waals surface area contributed by atoms with Gasteiger partial charge in [0, 0.05) is 44.0 Å². The van der Waals surface area contributed by atoms with Crippen LogP contribution in [0.4, 0.5) is 10.2 Å². The average Bonchev–Trinajstić information content (AvgIpc) is 3.38. The number of aryl methyl sites for hydroxylation is 1. The highest BCUT2D eigenvalue weighted by atomic mass is 19.1. The first-order chi connectivity index (χ1) is 16.5. The molecule has 3 aromatic heterocycles. The van der Waals surface area contributed by atoms with E-state index in [2.05, 4.69) is 54.0 Å². The first-order valence-electron chi connectivity index (χ1n) is 11.7. The molecule has 2 atom stereocenters. The van der Waals surface area contributed by atoms with Gasteiger partial charge in [-0.05, 0) is 37.1 Å². The van der Waals surface area contributed by atoms with Gasteiger partial charge >= 0.3 is 0 Å². The molecule has 0 saturated carbocycles. The van der Waals surface area contributed by atoms with E-state index in [-0.39, 0.29) is 0 Å². The molecule has 2 N–H and O–H groups in total. The predicted molar refractivity (Wildman–Crippen MR) is 128 cm³/mol. The number of rotatable bonds is 5. The summed E-state index contributed by atoms with van der Waals surface area (Å²) >= 11 is 0. The number of imidazole rings is 1. The Hall–Kier alpha value is -3.43. The molecule has 174 valence electrons. The van der Waals surface area contributed by atoms with E-state index < -0.39 is 5.82 Å². The van der Waals surface area contributed by atoms with E-state index in [1.165, 1.54) is 43.9 Å². The van der Waals surface area contributed by atoms with E-state index in [0.717, 1.165) is 18.7 Å². The van der Waals surface area contributed by atoms with Crippen LogP contribution in [0.15, 0.2) is 42.7 Å². The van der Waals surface area contributed by atoms with Gasteiger partial charge in [0.05, 0.1) is 12.7 Å². The quantitative estimate of drug-likeness (QED) is 0.492. The Morgan fingerprint density at radius 3 is 2.59 bits per heavy atom. The average molecular weight is 459 g/mol. The first kappa shape index (κ1) is 21.1. The second-order valence-electron chi connectivity index (χ2n) is 9.27. The number of piperazine rings is 1. The zero-order valence-corrected chi connectivity index (χ0v) is 19.2. The number of nitrogen functional groups attached to an aromatic ring is 1. The number of nitrogens with two attached hydrogens (primary N) is 1. The van der Waals surface area contributed by atoms with Crippen LogP contribution < -0.4 is 5.73 Å². The molecule has 8 nitrogen and oxygen atoms in total. The highest BCUT2D eigenvalue weighted by Crippen LogP contribution is 2.28.